The molecule has 0 spiro atoms. The average molecular weight is 315 g/mol. The van der Waals surface area contributed by atoms with Gasteiger partial charge in [-0.1, -0.05) is 17.7 Å². The summed E-state index contributed by atoms with van der Waals surface area (Å²) in [5.41, 5.74) is 3.08. The minimum absolute atomic E-state index is 0.0237. The van der Waals surface area contributed by atoms with Gasteiger partial charge < -0.3 is 15.1 Å². The molecule has 1 aromatic carbocycles. The van der Waals surface area contributed by atoms with E-state index in [-0.39, 0.29) is 23.7 Å². The van der Waals surface area contributed by atoms with Crippen molar-refractivity contribution in [3.05, 3.63) is 29.3 Å². The Bertz CT molecular complexity index is 621. The quantitative estimate of drug-likeness (QED) is 0.923. The predicted molar refractivity (Wildman–Crippen MR) is 90.2 cm³/mol. The molecule has 0 bridgehead atoms. The summed E-state index contributed by atoms with van der Waals surface area (Å²) >= 11 is 0. The number of nitrogens with zero attached hydrogens (tertiary/aromatic N) is 2. The third kappa shape index (κ3) is 3.55. The molecule has 5 nitrogen and oxygen atoms in total. The van der Waals surface area contributed by atoms with Crippen LogP contribution in [0.3, 0.4) is 0 Å². The highest BCUT2D eigenvalue weighted by Gasteiger charge is 2.49. The van der Waals surface area contributed by atoms with Gasteiger partial charge in [0.25, 0.3) is 0 Å². The van der Waals surface area contributed by atoms with Crippen molar-refractivity contribution in [3.8, 4) is 0 Å². The number of benzene rings is 1. The maximum atomic E-state index is 12.5. The van der Waals surface area contributed by atoms with Gasteiger partial charge in [0.2, 0.25) is 11.8 Å². The molecule has 1 heterocycles. The molecule has 1 saturated heterocycles. The van der Waals surface area contributed by atoms with E-state index < -0.39 is 0 Å². The average Bonchev–Trinajstić information content (AvgIpc) is 3.31. The normalized spacial score (nSPS) is 24.4. The summed E-state index contributed by atoms with van der Waals surface area (Å²) in [4.78, 5) is 29.0. The number of rotatable bonds is 3. The van der Waals surface area contributed by atoms with Crippen LogP contribution in [0, 0.1) is 25.7 Å². The van der Waals surface area contributed by atoms with Gasteiger partial charge >= 0.3 is 0 Å². The molecule has 1 aliphatic heterocycles. The van der Waals surface area contributed by atoms with E-state index >= 15 is 0 Å². The van der Waals surface area contributed by atoms with Gasteiger partial charge in [-0.05, 0) is 38.9 Å². The number of carbonyl (C=O) groups excluding carboxylic acids is 2. The smallest absolute Gasteiger partial charge is 0.228 e. The zero-order valence-electron chi connectivity index (χ0n) is 14.1. The van der Waals surface area contributed by atoms with Gasteiger partial charge in [0.1, 0.15) is 0 Å². The molecule has 0 radical (unpaired) electrons. The van der Waals surface area contributed by atoms with E-state index in [1.54, 1.807) is 0 Å². The molecular weight excluding hydrogens is 290 g/mol. The Hall–Kier alpha value is -1.88. The Morgan fingerprint density at radius 2 is 1.78 bits per heavy atom. The molecule has 2 atom stereocenters. The Balaban J connectivity index is 1.55. The van der Waals surface area contributed by atoms with E-state index in [1.165, 1.54) is 5.56 Å². The highest BCUT2D eigenvalue weighted by molar-refractivity contribution is 5.99. The second-order valence-corrected chi connectivity index (χ2v) is 6.88. The third-order valence-corrected chi connectivity index (χ3v) is 4.90. The van der Waals surface area contributed by atoms with Gasteiger partial charge in [0.15, 0.2) is 0 Å². The van der Waals surface area contributed by atoms with Gasteiger partial charge in [-0.2, -0.15) is 0 Å². The number of anilines is 1. The lowest BCUT2D eigenvalue weighted by molar-refractivity contribution is -0.135. The monoisotopic (exact) mass is 315 g/mol. The zero-order valence-corrected chi connectivity index (χ0v) is 14.1. The zero-order chi connectivity index (χ0) is 16.6. The fraction of sp³-hybridized carbons (Fsp3) is 0.556. The number of nitrogens with one attached hydrogen (secondary N) is 1. The predicted octanol–water partition coefficient (Wildman–Crippen LogP) is 1.65. The maximum absolute atomic E-state index is 12.5. The summed E-state index contributed by atoms with van der Waals surface area (Å²) in [7, 11) is 2.07. The molecule has 124 valence electrons. The van der Waals surface area contributed by atoms with Crippen LogP contribution >= 0.6 is 0 Å². The third-order valence-electron chi connectivity index (χ3n) is 4.90. The van der Waals surface area contributed by atoms with Crippen LogP contribution in [0.2, 0.25) is 0 Å². The lowest BCUT2D eigenvalue weighted by Gasteiger charge is -2.32. The van der Waals surface area contributed by atoms with E-state index in [1.807, 2.05) is 30.9 Å². The number of piperazine rings is 1. The summed E-state index contributed by atoms with van der Waals surface area (Å²) in [5.74, 6) is -0.157. The van der Waals surface area contributed by atoms with Crippen molar-refractivity contribution in [1.82, 2.24) is 9.80 Å². The van der Waals surface area contributed by atoms with Crippen LogP contribution in [0.1, 0.15) is 17.5 Å². The SMILES string of the molecule is Cc1ccc(NC(=O)C2CC2C(=O)N2CCN(C)CC2)c(C)c1. The highest BCUT2D eigenvalue weighted by Crippen LogP contribution is 2.41. The first-order valence-corrected chi connectivity index (χ1v) is 8.31. The minimum atomic E-state index is -0.164. The number of hydrogen-bond acceptors (Lipinski definition) is 3. The van der Waals surface area contributed by atoms with Crippen molar-refractivity contribution in [1.29, 1.82) is 0 Å². The Kier molecular flexibility index (Phi) is 4.39. The molecule has 2 amide bonds. The van der Waals surface area contributed by atoms with E-state index in [4.69, 9.17) is 0 Å². The topological polar surface area (TPSA) is 52.7 Å². The fourth-order valence-electron chi connectivity index (χ4n) is 3.20. The molecule has 5 heteroatoms. The molecule has 1 aromatic rings. The summed E-state index contributed by atoms with van der Waals surface area (Å²) in [5, 5.41) is 2.98. The van der Waals surface area contributed by atoms with Crippen LogP contribution in [0.4, 0.5) is 5.69 Å². The van der Waals surface area contributed by atoms with Crippen molar-refractivity contribution >= 4 is 17.5 Å². The van der Waals surface area contributed by atoms with Crippen LogP contribution in [0.25, 0.3) is 0 Å². The fourth-order valence-corrected chi connectivity index (χ4v) is 3.20. The van der Waals surface area contributed by atoms with Crippen molar-refractivity contribution in [2.24, 2.45) is 11.8 Å². The van der Waals surface area contributed by atoms with Crippen LogP contribution < -0.4 is 5.32 Å². The molecule has 1 aliphatic carbocycles. The first kappa shape index (κ1) is 16.0. The molecule has 2 fully saturated rings. The molecule has 23 heavy (non-hydrogen) atoms. The van der Waals surface area contributed by atoms with Gasteiger partial charge in [0.05, 0.1) is 11.8 Å². The Morgan fingerprint density at radius 3 is 2.43 bits per heavy atom. The number of likely N-dealkylation sites (N-methyl/N-ethyl adjacent to an activating group) is 1. The Labute approximate surface area is 137 Å². The van der Waals surface area contributed by atoms with Gasteiger partial charge in [-0.3, -0.25) is 9.59 Å². The lowest BCUT2D eigenvalue weighted by atomic mass is 10.1. The first-order chi connectivity index (χ1) is 11.0. The van der Waals surface area contributed by atoms with Crippen LogP contribution in [0.15, 0.2) is 18.2 Å². The van der Waals surface area contributed by atoms with Gasteiger partial charge in [0, 0.05) is 31.9 Å². The highest BCUT2D eigenvalue weighted by atomic mass is 16.2. The van der Waals surface area contributed by atoms with Crippen LogP contribution in [-0.2, 0) is 9.59 Å². The summed E-state index contributed by atoms with van der Waals surface area (Å²) in [6.07, 6.45) is 0.682. The largest absolute Gasteiger partial charge is 0.340 e. The van der Waals surface area contributed by atoms with Crippen LogP contribution in [-0.4, -0.2) is 54.8 Å². The van der Waals surface area contributed by atoms with Gasteiger partial charge in [-0.15, -0.1) is 0 Å². The van der Waals surface area contributed by atoms with Gasteiger partial charge in [-0.25, -0.2) is 0 Å². The van der Waals surface area contributed by atoms with Crippen molar-refractivity contribution < 1.29 is 9.59 Å². The molecule has 2 unspecified atom stereocenters. The number of carbonyl (C=O) groups is 2. The van der Waals surface area contributed by atoms with E-state index in [2.05, 4.69) is 23.3 Å². The van der Waals surface area contributed by atoms with E-state index in [9.17, 15) is 9.59 Å². The first-order valence-electron chi connectivity index (χ1n) is 8.31. The van der Waals surface area contributed by atoms with Crippen LogP contribution in [0.5, 0.6) is 0 Å². The van der Waals surface area contributed by atoms with E-state index in [0.29, 0.717) is 6.42 Å². The summed E-state index contributed by atoms with van der Waals surface area (Å²) in [6.45, 7) is 7.40. The number of amides is 2. The molecule has 1 saturated carbocycles. The standard InChI is InChI=1S/C18H25N3O2/c1-12-4-5-16(13(2)10-12)19-17(22)14-11-15(14)18(23)21-8-6-20(3)7-9-21/h4-5,10,14-15H,6-9,11H2,1-3H3,(H,19,22). The maximum Gasteiger partial charge on any atom is 0.228 e. The molecular formula is C18H25N3O2. The van der Waals surface area contributed by atoms with E-state index in [0.717, 1.165) is 37.4 Å². The second-order valence-electron chi connectivity index (χ2n) is 6.88. The summed E-state index contributed by atoms with van der Waals surface area (Å²) in [6, 6.07) is 5.97. The molecule has 3 rings (SSSR count). The number of aryl methyl sites for hydroxylation is 2. The lowest BCUT2D eigenvalue weighted by Crippen LogP contribution is -2.48. The number of hydrogen-bond donors (Lipinski definition) is 1. The van der Waals surface area contributed by atoms with Crippen molar-refractivity contribution in [2.45, 2.75) is 20.3 Å². The minimum Gasteiger partial charge on any atom is -0.340 e. The van der Waals surface area contributed by atoms with Crippen molar-refractivity contribution in [2.75, 3.05) is 38.5 Å². The molecule has 1 N–H and O–H groups in total. The van der Waals surface area contributed by atoms with Crippen molar-refractivity contribution in [3.63, 3.8) is 0 Å². The summed E-state index contributed by atoms with van der Waals surface area (Å²) < 4.78 is 0. The Morgan fingerprint density at radius 1 is 1.09 bits per heavy atom. The molecule has 2 aliphatic rings. The second kappa shape index (κ2) is 6.32. The molecule has 0 aromatic heterocycles.